The van der Waals surface area contributed by atoms with Crippen LogP contribution in [0.15, 0.2) is 4.52 Å². The second-order valence-corrected chi connectivity index (χ2v) is 7.91. The molecule has 1 fully saturated rings. The lowest BCUT2D eigenvalue weighted by Gasteiger charge is -2.40. The third-order valence-electron chi connectivity index (χ3n) is 5.90. The van der Waals surface area contributed by atoms with Crippen molar-refractivity contribution in [3.05, 3.63) is 11.7 Å². The van der Waals surface area contributed by atoms with Crippen LogP contribution in [-0.2, 0) is 27.3 Å². The van der Waals surface area contributed by atoms with E-state index in [-0.39, 0.29) is 24.3 Å². The van der Waals surface area contributed by atoms with Gasteiger partial charge in [-0.05, 0) is 18.3 Å². The molecule has 2 amide bonds. The van der Waals surface area contributed by atoms with E-state index in [1.54, 1.807) is 26.1 Å². The maximum absolute atomic E-state index is 12.9. The molecule has 0 radical (unpaired) electrons. The first-order valence-electron chi connectivity index (χ1n) is 8.93. The van der Waals surface area contributed by atoms with E-state index in [1.165, 1.54) is 0 Å². The molecule has 0 spiro atoms. The van der Waals surface area contributed by atoms with Crippen molar-refractivity contribution < 1.29 is 18.8 Å². The highest BCUT2D eigenvalue weighted by molar-refractivity contribution is 5.87. The van der Waals surface area contributed by atoms with Crippen molar-refractivity contribution in [3.63, 3.8) is 0 Å². The molecule has 0 unspecified atom stereocenters. The van der Waals surface area contributed by atoms with Gasteiger partial charge in [-0.2, -0.15) is 4.98 Å². The van der Waals surface area contributed by atoms with Gasteiger partial charge in [-0.1, -0.05) is 25.9 Å². The largest absolute Gasteiger partial charge is 0.384 e. The number of carbonyl (C=O) groups is 2. The van der Waals surface area contributed by atoms with E-state index in [4.69, 9.17) is 9.26 Å². The first-order chi connectivity index (χ1) is 12.1. The first kappa shape index (κ1) is 20.4. The number of nitrogens with zero attached hydrogens (tertiary/aromatic N) is 3. The molecule has 146 valence electrons. The van der Waals surface area contributed by atoms with Gasteiger partial charge in [0.05, 0.1) is 25.0 Å². The van der Waals surface area contributed by atoms with E-state index in [2.05, 4.69) is 15.5 Å². The molecule has 1 aliphatic rings. The van der Waals surface area contributed by atoms with Crippen molar-refractivity contribution >= 4 is 11.8 Å². The van der Waals surface area contributed by atoms with Crippen LogP contribution in [-0.4, -0.2) is 54.7 Å². The highest BCUT2D eigenvalue weighted by atomic mass is 16.5. The molecule has 1 N–H and O–H groups in total. The summed E-state index contributed by atoms with van der Waals surface area (Å²) in [6, 6.07) is 0. The van der Waals surface area contributed by atoms with Gasteiger partial charge in [0.15, 0.2) is 5.82 Å². The highest BCUT2D eigenvalue weighted by Crippen LogP contribution is 2.56. The van der Waals surface area contributed by atoms with E-state index >= 15 is 0 Å². The minimum absolute atomic E-state index is 0.0764. The summed E-state index contributed by atoms with van der Waals surface area (Å²) in [7, 11) is 5.12. The Morgan fingerprint density at radius 2 is 2.04 bits per heavy atom. The number of aromatic nitrogens is 2. The quantitative estimate of drug-likeness (QED) is 0.783. The third kappa shape index (κ3) is 3.75. The Bertz CT molecular complexity index is 655. The first-order valence-corrected chi connectivity index (χ1v) is 8.93. The van der Waals surface area contributed by atoms with Gasteiger partial charge in [-0.3, -0.25) is 9.59 Å². The lowest BCUT2D eigenvalue weighted by atomic mass is 9.65. The summed E-state index contributed by atoms with van der Waals surface area (Å²) < 4.78 is 10.1. The second kappa shape index (κ2) is 7.73. The van der Waals surface area contributed by atoms with E-state index < -0.39 is 10.8 Å². The van der Waals surface area contributed by atoms with Crippen LogP contribution >= 0.6 is 0 Å². The summed E-state index contributed by atoms with van der Waals surface area (Å²) in [6.07, 6.45) is 1.91. The van der Waals surface area contributed by atoms with Crippen LogP contribution in [0, 0.1) is 16.7 Å². The van der Waals surface area contributed by atoms with Gasteiger partial charge in [0, 0.05) is 27.1 Å². The molecule has 2 rings (SSSR count). The summed E-state index contributed by atoms with van der Waals surface area (Å²) >= 11 is 0. The average molecular weight is 366 g/mol. The number of hydrogen-bond donors (Lipinski definition) is 1. The smallest absolute Gasteiger partial charge is 0.229 e. The van der Waals surface area contributed by atoms with Crippen LogP contribution in [0.25, 0.3) is 0 Å². The molecule has 0 aliphatic heterocycles. The molecule has 1 aromatic heterocycles. The van der Waals surface area contributed by atoms with Crippen molar-refractivity contribution in [1.82, 2.24) is 20.4 Å². The van der Waals surface area contributed by atoms with E-state index in [1.807, 2.05) is 20.8 Å². The zero-order chi connectivity index (χ0) is 19.5. The summed E-state index contributed by atoms with van der Waals surface area (Å²) in [6.45, 7) is 6.64. The number of amides is 2. The molecule has 8 heteroatoms. The standard InChI is InChI=1S/C18H30N4O4/c1-17(2)12(15(23)22(4)5)7-9-18(17,3)16(24)19-11-13-20-14(26-21-13)8-10-25-6/h12H,7-11H2,1-6H3,(H,19,24)/t12-,18+/m0/s1. The summed E-state index contributed by atoms with van der Waals surface area (Å²) in [4.78, 5) is 31.3. The Morgan fingerprint density at radius 3 is 2.65 bits per heavy atom. The van der Waals surface area contributed by atoms with Gasteiger partial charge in [-0.25, -0.2) is 0 Å². The average Bonchev–Trinajstić information content (AvgIpc) is 3.13. The highest BCUT2D eigenvalue weighted by Gasteiger charge is 2.58. The number of rotatable bonds is 7. The summed E-state index contributed by atoms with van der Waals surface area (Å²) in [5.74, 6) is 0.747. The number of methoxy groups -OCH3 is 1. The minimum atomic E-state index is -0.633. The second-order valence-electron chi connectivity index (χ2n) is 7.91. The molecule has 8 nitrogen and oxygen atoms in total. The molecular formula is C18H30N4O4. The van der Waals surface area contributed by atoms with Crippen LogP contribution < -0.4 is 5.32 Å². The molecule has 1 saturated carbocycles. The zero-order valence-corrected chi connectivity index (χ0v) is 16.6. The molecule has 0 saturated heterocycles. The third-order valence-corrected chi connectivity index (χ3v) is 5.90. The van der Waals surface area contributed by atoms with Crippen molar-refractivity contribution in [3.8, 4) is 0 Å². The Balaban J connectivity index is 2.02. The molecule has 1 aromatic rings. The predicted octanol–water partition coefficient (Wildman–Crippen LogP) is 1.41. The lowest BCUT2D eigenvalue weighted by Crippen LogP contribution is -2.49. The van der Waals surface area contributed by atoms with Gasteiger partial charge in [0.2, 0.25) is 17.7 Å². The number of ether oxygens (including phenoxy) is 1. The lowest BCUT2D eigenvalue weighted by molar-refractivity contribution is -0.142. The Labute approximate surface area is 154 Å². The number of nitrogens with one attached hydrogen (secondary N) is 1. The summed E-state index contributed by atoms with van der Waals surface area (Å²) in [5, 5.41) is 6.79. The van der Waals surface area contributed by atoms with E-state index in [0.29, 0.717) is 37.6 Å². The number of carbonyl (C=O) groups excluding carboxylic acids is 2. The summed E-state index contributed by atoms with van der Waals surface area (Å²) in [5.41, 5.74) is -1.08. The van der Waals surface area contributed by atoms with Gasteiger partial charge in [0.25, 0.3) is 0 Å². The van der Waals surface area contributed by atoms with Gasteiger partial charge >= 0.3 is 0 Å². The molecular weight excluding hydrogens is 336 g/mol. The fourth-order valence-electron chi connectivity index (χ4n) is 3.66. The molecule has 0 bridgehead atoms. The van der Waals surface area contributed by atoms with Crippen LogP contribution in [0.5, 0.6) is 0 Å². The van der Waals surface area contributed by atoms with Gasteiger partial charge < -0.3 is 19.5 Å². The molecule has 0 aromatic carbocycles. The van der Waals surface area contributed by atoms with Crippen molar-refractivity contribution in [2.24, 2.45) is 16.7 Å². The normalized spacial score (nSPS) is 24.5. The van der Waals surface area contributed by atoms with Gasteiger partial charge in [-0.15, -0.1) is 0 Å². The SMILES string of the molecule is COCCc1nc(CNC(=O)[C@@]2(C)CC[C@@H](C(=O)N(C)C)C2(C)C)no1. The van der Waals surface area contributed by atoms with Gasteiger partial charge in [0.1, 0.15) is 0 Å². The molecule has 26 heavy (non-hydrogen) atoms. The molecule has 2 atom stereocenters. The predicted molar refractivity (Wildman–Crippen MR) is 95.0 cm³/mol. The van der Waals surface area contributed by atoms with Crippen LogP contribution in [0.1, 0.15) is 45.3 Å². The monoisotopic (exact) mass is 366 g/mol. The van der Waals surface area contributed by atoms with E-state index in [0.717, 1.165) is 0 Å². The van der Waals surface area contributed by atoms with Crippen molar-refractivity contribution in [2.45, 2.75) is 46.6 Å². The van der Waals surface area contributed by atoms with Crippen LogP contribution in [0.2, 0.25) is 0 Å². The van der Waals surface area contributed by atoms with E-state index in [9.17, 15) is 9.59 Å². The van der Waals surface area contributed by atoms with Crippen molar-refractivity contribution in [1.29, 1.82) is 0 Å². The fourth-order valence-corrected chi connectivity index (χ4v) is 3.66. The number of hydrogen-bond acceptors (Lipinski definition) is 6. The van der Waals surface area contributed by atoms with Crippen LogP contribution in [0.4, 0.5) is 0 Å². The topological polar surface area (TPSA) is 97.6 Å². The zero-order valence-electron chi connectivity index (χ0n) is 16.6. The molecule has 1 heterocycles. The Kier molecular flexibility index (Phi) is 6.05. The van der Waals surface area contributed by atoms with Crippen molar-refractivity contribution in [2.75, 3.05) is 27.8 Å². The fraction of sp³-hybridized carbons (Fsp3) is 0.778. The Morgan fingerprint density at radius 1 is 1.35 bits per heavy atom. The minimum Gasteiger partial charge on any atom is -0.384 e. The maximum Gasteiger partial charge on any atom is 0.229 e. The van der Waals surface area contributed by atoms with Crippen LogP contribution in [0.3, 0.4) is 0 Å². The molecule has 1 aliphatic carbocycles. The maximum atomic E-state index is 12.9. The Hall–Kier alpha value is -1.96.